The van der Waals surface area contributed by atoms with Crippen LogP contribution in [0.2, 0.25) is 0 Å². The summed E-state index contributed by atoms with van der Waals surface area (Å²) in [6.45, 7) is 4.19. The van der Waals surface area contributed by atoms with Gasteiger partial charge >= 0.3 is 0 Å². The number of rotatable bonds is 3. The average molecular weight is 319 g/mol. The summed E-state index contributed by atoms with van der Waals surface area (Å²) >= 11 is 0. The van der Waals surface area contributed by atoms with E-state index in [1.807, 2.05) is 30.5 Å². The Labute approximate surface area is 139 Å². The fraction of sp³-hybridized carbons (Fsp3) is 0.167. The first-order chi connectivity index (χ1) is 11.7. The molecule has 0 saturated carbocycles. The first-order valence-corrected chi connectivity index (χ1v) is 7.69. The van der Waals surface area contributed by atoms with Gasteiger partial charge in [-0.1, -0.05) is 11.6 Å². The Balaban J connectivity index is 1.88. The van der Waals surface area contributed by atoms with Crippen molar-refractivity contribution in [2.45, 2.75) is 13.8 Å². The van der Waals surface area contributed by atoms with Gasteiger partial charge in [0.2, 0.25) is 0 Å². The molecule has 24 heavy (non-hydrogen) atoms. The van der Waals surface area contributed by atoms with Crippen LogP contribution in [0, 0.1) is 13.8 Å². The van der Waals surface area contributed by atoms with Gasteiger partial charge in [-0.2, -0.15) is 4.68 Å². The molecule has 0 saturated heterocycles. The standard InChI is InChI=1S/C18H17N5O/c1-11-8-12(2)17-15(9-11)16(10-19-17)18-20-21-22-23(18)13-4-6-14(24-3)7-5-13/h4-10,19H,1-3H3. The van der Waals surface area contributed by atoms with Crippen molar-refractivity contribution in [2.24, 2.45) is 0 Å². The lowest BCUT2D eigenvalue weighted by Crippen LogP contribution is -1.99. The van der Waals surface area contributed by atoms with Crippen molar-refractivity contribution in [2.75, 3.05) is 7.11 Å². The number of hydrogen-bond acceptors (Lipinski definition) is 4. The van der Waals surface area contributed by atoms with Crippen LogP contribution in [0.4, 0.5) is 0 Å². The van der Waals surface area contributed by atoms with Crippen LogP contribution in [0.1, 0.15) is 11.1 Å². The summed E-state index contributed by atoms with van der Waals surface area (Å²) in [4.78, 5) is 3.34. The summed E-state index contributed by atoms with van der Waals surface area (Å²) in [6.07, 6.45) is 1.96. The third-order valence-corrected chi connectivity index (χ3v) is 4.16. The van der Waals surface area contributed by atoms with Crippen LogP contribution in [0.5, 0.6) is 5.75 Å². The van der Waals surface area contributed by atoms with Gasteiger partial charge in [-0.15, -0.1) is 5.10 Å². The number of hydrogen-bond donors (Lipinski definition) is 1. The minimum atomic E-state index is 0.705. The highest BCUT2D eigenvalue weighted by Gasteiger charge is 2.16. The maximum Gasteiger partial charge on any atom is 0.189 e. The van der Waals surface area contributed by atoms with Crippen LogP contribution in [0.15, 0.2) is 42.6 Å². The largest absolute Gasteiger partial charge is 0.497 e. The molecule has 0 bridgehead atoms. The van der Waals surface area contributed by atoms with Crippen molar-refractivity contribution < 1.29 is 4.74 Å². The number of methoxy groups -OCH3 is 1. The van der Waals surface area contributed by atoms with E-state index in [9.17, 15) is 0 Å². The van der Waals surface area contributed by atoms with E-state index in [4.69, 9.17) is 4.74 Å². The van der Waals surface area contributed by atoms with E-state index >= 15 is 0 Å². The van der Waals surface area contributed by atoms with Crippen LogP contribution in [0.3, 0.4) is 0 Å². The molecule has 4 aromatic rings. The molecule has 6 nitrogen and oxygen atoms in total. The predicted molar refractivity (Wildman–Crippen MR) is 92.5 cm³/mol. The molecule has 1 N–H and O–H groups in total. The topological polar surface area (TPSA) is 68.6 Å². The van der Waals surface area contributed by atoms with Crippen molar-refractivity contribution in [3.05, 3.63) is 53.7 Å². The quantitative estimate of drug-likeness (QED) is 0.628. The zero-order valence-corrected chi connectivity index (χ0v) is 13.7. The number of aryl methyl sites for hydroxylation is 2. The van der Waals surface area contributed by atoms with Crippen molar-refractivity contribution in [1.29, 1.82) is 0 Å². The lowest BCUT2D eigenvalue weighted by Gasteiger charge is -2.06. The van der Waals surface area contributed by atoms with Gasteiger partial charge in [0.05, 0.1) is 12.8 Å². The molecule has 0 radical (unpaired) electrons. The lowest BCUT2D eigenvalue weighted by molar-refractivity contribution is 0.414. The van der Waals surface area contributed by atoms with Gasteiger partial charge in [-0.05, 0) is 60.2 Å². The number of aromatic amines is 1. The normalized spacial score (nSPS) is 11.1. The Kier molecular flexibility index (Phi) is 3.30. The molecule has 2 aromatic carbocycles. The van der Waals surface area contributed by atoms with Crippen molar-refractivity contribution in [3.63, 3.8) is 0 Å². The Morgan fingerprint density at radius 3 is 2.62 bits per heavy atom. The van der Waals surface area contributed by atoms with Gasteiger partial charge in [0, 0.05) is 22.7 Å². The maximum atomic E-state index is 5.21. The zero-order valence-electron chi connectivity index (χ0n) is 13.7. The lowest BCUT2D eigenvalue weighted by atomic mass is 10.1. The van der Waals surface area contributed by atoms with E-state index in [2.05, 4.69) is 46.5 Å². The SMILES string of the molecule is COc1ccc(-n2nnnc2-c2c[nH]c3c(C)cc(C)cc23)cc1. The molecule has 0 fully saturated rings. The first-order valence-electron chi connectivity index (χ1n) is 7.69. The molecule has 0 aliphatic carbocycles. The highest BCUT2D eigenvalue weighted by Crippen LogP contribution is 2.30. The average Bonchev–Trinajstić information content (AvgIpc) is 3.21. The molecular weight excluding hydrogens is 302 g/mol. The van der Waals surface area contributed by atoms with E-state index in [1.54, 1.807) is 11.8 Å². The Bertz CT molecular complexity index is 1010. The van der Waals surface area contributed by atoms with Crippen molar-refractivity contribution >= 4 is 10.9 Å². The van der Waals surface area contributed by atoms with Crippen LogP contribution >= 0.6 is 0 Å². The van der Waals surface area contributed by atoms with Gasteiger partial charge in [-0.3, -0.25) is 0 Å². The number of tetrazole rings is 1. The van der Waals surface area contributed by atoms with Crippen LogP contribution in [-0.2, 0) is 0 Å². The smallest absolute Gasteiger partial charge is 0.189 e. The number of fused-ring (bicyclic) bond motifs is 1. The molecule has 6 heteroatoms. The van der Waals surface area contributed by atoms with E-state index in [1.165, 1.54) is 11.1 Å². The highest BCUT2D eigenvalue weighted by molar-refractivity contribution is 5.96. The summed E-state index contributed by atoms with van der Waals surface area (Å²) < 4.78 is 6.94. The predicted octanol–water partition coefficient (Wildman–Crippen LogP) is 3.44. The van der Waals surface area contributed by atoms with E-state index in [0.717, 1.165) is 27.9 Å². The molecule has 0 atom stereocenters. The number of ether oxygens (including phenoxy) is 1. The number of benzene rings is 2. The van der Waals surface area contributed by atoms with E-state index in [-0.39, 0.29) is 0 Å². The Morgan fingerprint density at radius 1 is 1.08 bits per heavy atom. The van der Waals surface area contributed by atoms with Gasteiger partial charge < -0.3 is 9.72 Å². The second kappa shape index (κ2) is 5.49. The minimum absolute atomic E-state index is 0.705. The van der Waals surface area contributed by atoms with Gasteiger partial charge in [-0.25, -0.2) is 0 Å². The van der Waals surface area contributed by atoms with Gasteiger partial charge in [0.15, 0.2) is 5.82 Å². The summed E-state index contributed by atoms with van der Waals surface area (Å²) in [7, 11) is 1.65. The summed E-state index contributed by atoms with van der Waals surface area (Å²) in [5.41, 5.74) is 5.40. The third kappa shape index (κ3) is 2.23. The number of H-pyrrole nitrogens is 1. The fourth-order valence-corrected chi connectivity index (χ4v) is 3.03. The molecule has 0 spiro atoms. The molecular formula is C18H17N5O. The minimum Gasteiger partial charge on any atom is -0.497 e. The van der Waals surface area contributed by atoms with E-state index in [0.29, 0.717) is 5.82 Å². The van der Waals surface area contributed by atoms with Crippen molar-refractivity contribution in [3.8, 4) is 22.8 Å². The zero-order chi connectivity index (χ0) is 16.7. The second-order valence-corrected chi connectivity index (χ2v) is 5.82. The van der Waals surface area contributed by atoms with Crippen LogP contribution < -0.4 is 4.74 Å². The Hall–Kier alpha value is -3.15. The summed E-state index contributed by atoms with van der Waals surface area (Å²) in [6, 6.07) is 12.0. The van der Waals surface area contributed by atoms with E-state index < -0.39 is 0 Å². The maximum absolute atomic E-state index is 5.21. The molecule has 120 valence electrons. The molecule has 0 amide bonds. The molecule has 2 aromatic heterocycles. The van der Waals surface area contributed by atoms with Crippen LogP contribution in [-0.4, -0.2) is 32.3 Å². The summed E-state index contributed by atoms with van der Waals surface area (Å²) in [5, 5.41) is 13.4. The van der Waals surface area contributed by atoms with Crippen molar-refractivity contribution in [1.82, 2.24) is 25.2 Å². The third-order valence-electron chi connectivity index (χ3n) is 4.16. The molecule has 0 aliphatic rings. The number of nitrogens with one attached hydrogen (secondary N) is 1. The van der Waals surface area contributed by atoms with Gasteiger partial charge in [0.25, 0.3) is 0 Å². The highest BCUT2D eigenvalue weighted by atomic mass is 16.5. The molecule has 2 heterocycles. The number of aromatic nitrogens is 5. The second-order valence-electron chi connectivity index (χ2n) is 5.82. The number of nitrogens with zero attached hydrogens (tertiary/aromatic N) is 4. The van der Waals surface area contributed by atoms with Gasteiger partial charge in [0.1, 0.15) is 5.75 Å². The Morgan fingerprint density at radius 2 is 1.88 bits per heavy atom. The monoisotopic (exact) mass is 319 g/mol. The molecule has 4 rings (SSSR count). The fourth-order valence-electron chi connectivity index (χ4n) is 3.03. The van der Waals surface area contributed by atoms with Crippen LogP contribution in [0.25, 0.3) is 28.0 Å². The summed E-state index contributed by atoms with van der Waals surface area (Å²) in [5.74, 6) is 1.50. The molecule has 0 unspecified atom stereocenters. The molecule has 0 aliphatic heterocycles. The first kappa shape index (κ1) is 14.4.